The molecule has 2 aromatic rings. The maximum atomic E-state index is 9.25. The lowest BCUT2D eigenvalue weighted by molar-refractivity contribution is 0.227. The Morgan fingerprint density at radius 2 is 1.74 bits per heavy atom. The molecule has 31 heavy (non-hydrogen) atoms. The van der Waals surface area contributed by atoms with Gasteiger partial charge in [-0.15, -0.1) is 11.3 Å². The highest BCUT2D eigenvalue weighted by Gasteiger charge is 2.18. The number of aliphatic hydroxyl groups is 1. The zero-order valence-electron chi connectivity index (χ0n) is 21.5. The molecule has 0 fully saturated rings. The minimum atomic E-state index is 0.242. The first-order valence-electron chi connectivity index (χ1n) is 11.9. The van der Waals surface area contributed by atoms with Gasteiger partial charge in [0.15, 0.2) is 0 Å². The van der Waals surface area contributed by atoms with Crippen molar-refractivity contribution in [3.63, 3.8) is 0 Å². The number of rotatable bonds is 9. The number of nitrogens with one attached hydrogen (secondary N) is 1. The number of hydrogen-bond donors (Lipinski definition) is 2. The van der Waals surface area contributed by atoms with Gasteiger partial charge in [-0.25, -0.2) is 9.97 Å². The molecule has 2 atom stereocenters. The Balaban J connectivity index is 0.00000212. The summed E-state index contributed by atoms with van der Waals surface area (Å²) in [4.78, 5) is 12.0. The molecule has 5 heteroatoms. The lowest BCUT2D eigenvalue weighted by atomic mass is 10.0. The van der Waals surface area contributed by atoms with Crippen LogP contribution < -0.4 is 5.32 Å². The van der Waals surface area contributed by atoms with Gasteiger partial charge in [0.2, 0.25) is 0 Å². The first kappa shape index (κ1) is 29.3. The Hall–Kier alpha value is -1.72. The van der Waals surface area contributed by atoms with Crippen LogP contribution >= 0.6 is 11.3 Å². The summed E-state index contributed by atoms with van der Waals surface area (Å²) < 4.78 is 0. The maximum Gasteiger partial charge on any atom is 0.138 e. The predicted molar refractivity (Wildman–Crippen MR) is 140 cm³/mol. The summed E-state index contributed by atoms with van der Waals surface area (Å²) in [6.07, 6.45) is 7.28. The van der Waals surface area contributed by atoms with Crippen LogP contribution in [0.5, 0.6) is 0 Å². The van der Waals surface area contributed by atoms with Crippen molar-refractivity contribution in [3.8, 4) is 10.4 Å². The van der Waals surface area contributed by atoms with Gasteiger partial charge in [0, 0.05) is 22.4 Å². The fraction of sp³-hybridized carbons (Fsp3) is 0.615. The van der Waals surface area contributed by atoms with Crippen molar-refractivity contribution in [1.82, 2.24) is 9.97 Å². The summed E-state index contributed by atoms with van der Waals surface area (Å²) in [7, 11) is 0. The van der Waals surface area contributed by atoms with Gasteiger partial charge in [0.05, 0.1) is 11.3 Å². The Bertz CT molecular complexity index is 783. The van der Waals surface area contributed by atoms with E-state index in [0.29, 0.717) is 5.92 Å². The van der Waals surface area contributed by atoms with Gasteiger partial charge in [0.25, 0.3) is 0 Å². The fourth-order valence-electron chi connectivity index (χ4n) is 3.21. The van der Waals surface area contributed by atoms with Gasteiger partial charge in [-0.2, -0.15) is 0 Å². The van der Waals surface area contributed by atoms with Crippen LogP contribution in [0.1, 0.15) is 90.2 Å². The van der Waals surface area contributed by atoms with E-state index in [1.165, 1.54) is 15.3 Å². The van der Waals surface area contributed by atoms with Gasteiger partial charge >= 0.3 is 0 Å². The monoisotopic (exact) mass is 447 g/mol. The molecule has 0 radical (unpaired) electrons. The van der Waals surface area contributed by atoms with Crippen LogP contribution in [0.25, 0.3) is 16.5 Å². The van der Waals surface area contributed by atoms with Gasteiger partial charge in [-0.3, -0.25) is 0 Å². The molecule has 2 N–H and O–H groups in total. The normalized spacial score (nSPS) is 12.5. The van der Waals surface area contributed by atoms with E-state index in [2.05, 4.69) is 63.1 Å². The maximum absolute atomic E-state index is 9.25. The van der Waals surface area contributed by atoms with Crippen LogP contribution in [0.4, 0.5) is 5.82 Å². The quantitative estimate of drug-likeness (QED) is 0.414. The molecule has 1 unspecified atom stereocenters. The molecule has 2 aromatic heterocycles. The Morgan fingerprint density at radius 3 is 2.29 bits per heavy atom. The Labute approximate surface area is 195 Å². The molecule has 4 nitrogen and oxygen atoms in total. The molecule has 0 aliphatic heterocycles. The predicted octanol–water partition coefficient (Wildman–Crippen LogP) is 7.68. The summed E-state index contributed by atoms with van der Waals surface area (Å²) in [6, 6.07) is 2.54. The molecule has 0 saturated carbocycles. The third-order valence-corrected chi connectivity index (χ3v) is 6.06. The van der Waals surface area contributed by atoms with Crippen LogP contribution in [0.2, 0.25) is 0 Å². The second-order valence-corrected chi connectivity index (χ2v) is 8.47. The minimum Gasteiger partial charge on any atom is -0.396 e. The van der Waals surface area contributed by atoms with Crippen molar-refractivity contribution in [3.05, 3.63) is 34.1 Å². The van der Waals surface area contributed by atoms with Crippen molar-refractivity contribution < 1.29 is 5.11 Å². The highest BCUT2D eigenvalue weighted by molar-refractivity contribution is 7.15. The lowest BCUT2D eigenvalue weighted by Gasteiger charge is -2.19. The van der Waals surface area contributed by atoms with Crippen LogP contribution in [0, 0.1) is 19.8 Å². The second kappa shape index (κ2) is 16.0. The smallest absolute Gasteiger partial charge is 0.138 e. The van der Waals surface area contributed by atoms with Gasteiger partial charge in [-0.1, -0.05) is 53.7 Å². The number of aromatic nitrogens is 2. The van der Waals surface area contributed by atoms with Crippen molar-refractivity contribution in [2.45, 2.75) is 94.5 Å². The third-order valence-electron chi connectivity index (χ3n) is 4.74. The summed E-state index contributed by atoms with van der Waals surface area (Å²) in [5, 5.41) is 12.9. The number of anilines is 1. The number of nitrogens with zero attached hydrogens (tertiary/aromatic N) is 2. The summed E-state index contributed by atoms with van der Waals surface area (Å²) in [5.41, 5.74) is 3.41. The molecule has 0 bridgehead atoms. The zero-order chi connectivity index (χ0) is 24.0. The molecule has 0 spiro atoms. The van der Waals surface area contributed by atoms with E-state index in [9.17, 15) is 5.11 Å². The zero-order valence-corrected chi connectivity index (χ0v) is 22.3. The first-order chi connectivity index (χ1) is 14.9. The standard InChI is InChI=1S/C22H33N3OS.2C2H6/c1-7-9-18-12-20(27-19(18)8-2)21-16(5)24-17(6)25-22(21)23-15(4)11-10-14(3)13-26;2*1-2/h7,9,12,14-15,26H,8,10-11,13H2,1-6H3,(H,23,24,25);2*1-2H3/b9-7-;;/t14?,15-;;/m1../s1. The van der Waals surface area contributed by atoms with Crippen molar-refractivity contribution in [2.24, 2.45) is 5.92 Å². The molecule has 2 rings (SSSR count). The van der Waals surface area contributed by atoms with E-state index in [-0.39, 0.29) is 12.6 Å². The molecular formula is C26H45N3OS. The largest absolute Gasteiger partial charge is 0.396 e. The topological polar surface area (TPSA) is 58.0 Å². The third kappa shape index (κ3) is 9.12. The molecule has 0 aliphatic rings. The average molecular weight is 448 g/mol. The van der Waals surface area contributed by atoms with Crippen LogP contribution in [-0.2, 0) is 6.42 Å². The summed E-state index contributed by atoms with van der Waals surface area (Å²) >= 11 is 1.83. The van der Waals surface area contributed by atoms with Crippen molar-refractivity contribution in [2.75, 3.05) is 11.9 Å². The van der Waals surface area contributed by atoms with E-state index in [0.717, 1.165) is 42.2 Å². The summed E-state index contributed by atoms with van der Waals surface area (Å²) in [5.74, 6) is 2.03. The fourth-order valence-corrected chi connectivity index (χ4v) is 4.39. The van der Waals surface area contributed by atoms with Crippen molar-refractivity contribution in [1.29, 1.82) is 0 Å². The highest BCUT2D eigenvalue weighted by atomic mass is 32.1. The number of hydrogen-bond acceptors (Lipinski definition) is 5. The number of aliphatic hydroxyl groups excluding tert-OH is 1. The van der Waals surface area contributed by atoms with Crippen molar-refractivity contribution >= 4 is 23.2 Å². The number of allylic oxidation sites excluding steroid dienone is 1. The molecule has 2 heterocycles. The van der Waals surface area contributed by atoms with Crippen LogP contribution in [0.3, 0.4) is 0 Å². The van der Waals surface area contributed by atoms with E-state index in [1.54, 1.807) is 0 Å². The lowest BCUT2D eigenvalue weighted by Crippen LogP contribution is -2.19. The van der Waals surface area contributed by atoms with Gasteiger partial charge in [0.1, 0.15) is 11.6 Å². The van der Waals surface area contributed by atoms with Crippen LogP contribution in [0.15, 0.2) is 12.1 Å². The SMILES string of the molecule is C/C=C\c1cc(-c2c(C)nc(C)nc2N[C@H](C)CCC(C)CO)sc1CC.CC.CC. The molecule has 176 valence electrons. The molecular weight excluding hydrogens is 402 g/mol. The Kier molecular flexibility index (Phi) is 15.1. The summed E-state index contributed by atoms with van der Waals surface area (Å²) in [6.45, 7) is 20.8. The molecule has 0 amide bonds. The number of thiophene rings is 1. The minimum absolute atomic E-state index is 0.242. The average Bonchev–Trinajstić information content (AvgIpc) is 3.17. The second-order valence-electron chi connectivity index (χ2n) is 7.33. The molecule has 0 saturated heterocycles. The first-order valence-corrected chi connectivity index (χ1v) is 12.7. The van der Waals surface area contributed by atoms with Crippen LogP contribution in [-0.4, -0.2) is 27.7 Å². The van der Waals surface area contributed by atoms with E-state index >= 15 is 0 Å². The molecule has 0 aromatic carbocycles. The number of aryl methyl sites for hydroxylation is 3. The van der Waals surface area contributed by atoms with E-state index in [4.69, 9.17) is 4.98 Å². The molecule has 0 aliphatic carbocycles. The van der Waals surface area contributed by atoms with E-state index < -0.39 is 0 Å². The van der Waals surface area contributed by atoms with E-state index in [1.807, 2.05) is 46.0 Å². The van der Waals surface area contributed by atoms with Gasteiger partial charge in [-0.05, 0) is 64.5 Å². The van der Waals surface area contributed by atoms with Gasteiger partial charge < -0.3 is 10.4 Å². The highest BCUT2D eigenvalue weighted by Crippen LogP contribution is 2.38. The Morgan fingerprint density at radius 1 is 1.10 bits per heavy atom.